The molecule has 21 heavy (non-hydrogen) atoms. The summed E-state index contributed by atoms with van der Waals surface area (Å²) in [5, 5.41) is 3.76. The fourth-order valence-electron chi connectivity index (χ4n) is 3.37. The van der Waals surface area contributed by atoms with Crippen LogP contribution in [0.1, 0.15) is 58.4 Å². The minimum Gasteiger partial charge on any atom is -0.372 e. The molecule has 0 saturated heterocycles. The molecular weight excluding hydrogens is 256 g/mol. The van der Waals surface area contributed by atoms with Gasteiger partial charge in [0.25, 0.3) is 0 Å². The van der Waals surface area contributed by atoms with Crippen molar-refractivity contribution in [2.24, 2.45) is 5.92 Å². The van der Waals surface area contributed by atoms with Crippen molar-refractivity contribution < 1.29 is 0 Å². The summed E-state index contributed by atoms with van der Waals surface area (Å²) in [5.41, 5.74) is 2.75. The van der Waals surface area contributed by atoms with E-state index in [-0.39, 0.29) is 0 Å². The fraction of sp³-hybridized carbons (Fsp3) is 0.684. The number of nitrogens with zero attached hydrogens (tertiary/aromatic N) is 1. The van der Waals surface area contributed by atoms with Gasteiger partial charge in [-0.15, -0.1) is 0 Å². The topological polar surface area (TPSA) is 15.3 Å². The molecule has 1 fully saturated rings. The number of hydrogen-bond acceptors (Lipinski definition) is 2. The molecule has 2 unspecified atom stereocenters. The fourth-order valence-corrected chi connectivity index (χ4v) is 3.37. The highest BCUT2D eigenvalue weighted by molar-refractivity contribution is 5.47. The molecule has 1 aromatic rings. The monoisotopic (exact) mass is 288 g/mol. The van der Waals surface area contributed by atoms with E-state index >= 15 is 0 Å². The zero-order chi connectivity index (χ0) is 15.1. The van der Waals surface area contributed by atoms with Crippen molar-refractivity contribution in [3.63, 3.8) is 0 Å². The average Bonchev–Trinajstić information content (AvgIpc) is 2.72. The SMILES string of the molecule is CCN(CC)c1ccc(CNC2CCCC(C)CC2)cc1. The standard InChI is InChI=1S/C19H32N2/c1-4-21(5-2)19-13-10-17(11-14-19)15-20-18-8-6-7-16(3)9-12-18/h10-11,13-14,16,18,20H,4-9,12,15H2,1-3H3. The summed E-state index contributed by atoms with van der Waals surface area (Å²) in [6, 6.07) is 9.80. The smallest absolute Gasteiger partial charge is 0.0366 e. The second-order valence-electron chi connectivity index (χ2n) is 6.53. The average molecular weight is 288 g/mol. The molecule has 0 amide bonds. The van der Waals surface area contributed by atoms with Crippen LogP contribution in [0.5, 0.6) is 0 Å². The van der Waals surface area contributed by atoms with Crippen LogP contribution in [0, 0.1) is 5.92 Å². The van der Waals surface area contributed by atoms with Crippen LogP contribution in [-0.4, -0.2) is 19.1 Å². The van der Waals surface area contributed by atoms with Gasteiger partial charge in [0, 0.05) is 31.4 Å². The lowest BCUT2D eigenvalue weighted by atomic mass is 10.0. The maximum absolute atomic E-state index is 3.76. The summed E-state index contributed by atoms with van der Waals surface area (Å²) < 4.78 is 0. The van der Waals surface area contributed by atoms with Crippen LogP contribution in [0.2, 0.25) is 0 Å². The van der Waals surface area contributed by atoms with Crippen LogP contribution in [0.3, 0.4) is 0 Å². The van der Waals surface area contributed by atoms with Crippen molar-refractivity contribution >= 4 is 5.69 Å². The van der Waals surface area contributed by atoms with Crippen molar-refractivity contribution in [2.45, 2.75) is 65.5 Å². The Hall–Kier alpha value is -1.02. The van der Waals surface area contributed by atoms with E-state index < -0.39 is 0 Å². The summed E-state index contributed by atoms with van der Waals surface area (Å²) in [6.45, 7) is 9.99. The third-order valence-electron chi connectivity index (χ3n) is 4.92. The largest absolute Gasteiger partial charge is 0.372 e. The summed E-state index contributed by atoms with van der Waals surface area (Å²) >= 11 is 0. The van der Waals surface area contributed by atoms with Crippen molar-refractivity contribution in [1.29, 1.82) is 0 Å². The van der Waals surface area contributed by atoms with Crippen molar-refractivity contribution in [3.8, 4) is 0 Å². The van der Waals surface area contributed by atoms with Crippen LogP contribution >= 0.6 is 0 Å². The van der Waals surface area contributed by atoms with E-state index in [9.17, 15) is 0 Å². The van der Waals surface area contributed by atoms with Gasteiger partial charge in [-0.05, 0) is 56.7 Å². The third-order valence-corrected chi connectivity index (χ3v) is 4.92. The third kappa shape index (κ3) is 5.03. The van der Waals surface area contributed by atoms with Crippen LogP contribution in [0.25, 0.3) is 0 Å². The highest BCUT2D eigenvalue weighted by atomic mass is 15.1. The normalized spacial score (nSPS) is 22.8. The molecule has 0 bridgehead atoms. The first-order valence-electron chi connectivity index (χ1n) is 8.80. The summed E-state index contributed by atoms with van der Waals surface area (Å²) in [7, 11) is 0. The minimum absolute atomic E-state index is 0.720. The van der Waals surface area contributed by atoms with Gasteiger partial charge in [0.2, 0.25) is 0 Å². The maximum Gasteiger partial charge on any atom is 0.0366 e. The van der Waals surface area contributed by atoms with Crippen molar-refractivity contribution in [1.82, 2.24) is 5.32 Å². The number of hydrogen-bond donors (Lipinski definition) is 1. The van der Waals surface area contributed by atoms with E-state index in [1.54, 1.807) is 0 Å². The van der Waals surface area contributed by atoms with Crippen LogP contribution in [0.15, 0.2) is 24.3 Å². The predicted octanol–water partition coefficient (Wildman–Crippen LogP) is 4.59. The lowest BCUT2D eigenvalue weighted by Gasteiger charge is -2.21. The van der Waals surface area contributed by atoms with Gasteiger partial charge in [-0.3, -0.25) is 0 Å². The van der Waals surface area contributed by atoms with E-state index in [0.29, 0.717) is 0 Å². The van der Waals surface area contributed by atoms with E-state index in [2.05, 4.69) is 55.3 Å². The molecule has 0 radical (unpaired) electrons. The molecule has 2 rings (SSSR count). The van der Waals surface area contributed by atoms with Crippen LogP contribution < -0.4 is 10.2 Å². The highest BCUT2D eigenvalue weighted by Crippen LogP contribution is 2.23. The minimum atomic E-state index is 0.720. The van der Waals surface area contributed by atoms with Gasteiger partial charge in [-0.2, -0.15) is 0 Å². The molecule has 1 saturated carbocycles. The number of nitrogens with one attached hydrogen (secondary N) is 1. The Kier molecular flexibility index (Phi) is 6.56. The second kappa shape index (κ2) is 8.43. The Morgan fingerprint density at radius 2 is 1.71 bits per heavy atom. The van der Waals surface area contributed by atoms with Crippen LogP contribution in [0.4, 0.5) is 5.69 Å². The van der Waals surface area contributed by atoms with Crippen molar-refractivity contribution in [2.75, 3.05) is 18.0 Å². The summed E-state index contributed by atoms with van der Waals surface area (Å²) in [4.78, 5) is 2.39. The quantitative estimate of drug-likeness (QED) is 0.770. The van der Waals surface area contributed by atoms with Gasteiger partial charge >= 0.3 is 0 Å². The molecule has 1 aliphatic carbocycles. The number of rotatable bonds is 6. The molecule has 0 aliphatic heterocycles. The van der Waals surface area contributed by atoms with Gasteiger partial charge in [0.15, 0.2) is 0 Å². The molecule has 118 valence electrons. The van der Waals surface area contributed by atoms with Gasteiger partial charge in [0.05, 0.1) is 0 Å². The second-order valence-corrected chi connectivity index (χ2v) is 6.53. The van der Waals surface area contributed by atoms with Crippen LogP contribution in [-0.2, 0) is 6.54 Å². The Morgan fingerprint density at radius 1 is 1.00 bits per heavy atom. The van der Waals surface area contributed by atoms with E-state index in [4.69, 9.17) is 0 Å². The van der Waals surface area contributed by atoms with Gasteiger partial charge in [-0.25, -0.2) is 0 Å². The zero-order valence-electron chi connectivity index (χ0n) is 14.1. The van der Waals surface area contributed by atoms with Crippen molar-refractivity contribution in [3.05, 3.63) is 29.8 Å². The van der Waals surface area contributed by atoms with E-state index in [1.807, 2.05) is 0 Å². The Balaban J connectivity index is 1.83. The molecule has 2 atom stereocenters. The Bertz CT molecular complexity index is 395. The predicted molar refractivity (Wildman–Crippen MR) is 92.9 cm³/mol. The first-order chi connectivity index (χ1) is 10.2. The first kappa shape index (κ1) is 16.4. The molecule has 2 nitrogen and oxygen atoms in total. The van der Waals surface area contributed by atoms with Gasteiger partial charge < -0.3 is 10.2 Å². The molecule has 0 spiro atoms. The number of benzene rings is 1. The molecule has 1 aromatic carbocycles. The zero-order valence-corrected chi connectivity index (χ0v) is 14.1. The molecule has 1 N–H and O–H groups in total. The van der Waals surface area contributed by atoms with Gasteiger partial charge in [0.1, 0.15) is 0 Å². The molecule has 2 heteroatoms. The lowest BCUT2D eigenvalue weighted by Crippen LogP contribution is -2.28. The molecular formula is C19H32N2. The maximum atomic E-state index is 3.76. The van der Waals surface area contributed by atoms with Gasteiger partial charge in [-0.1, -0.05) is 31.9 Å². The molecule has 0 heterocycles. The van der Waals surface area contributed by atoms with E-state index in [0.717, 1.165) is 31.6 Å². The lowest BCUT2D eigenvalue weighted by molar-refractivity contribution is 0.447. The first-order valence-corrected chi connectivity index (χ1v) is 8.80. The Morgan fingerprint density at radius 3 is 2.38 bits per heavy atom. The molecule has 0 aromatic heterocycles. The Labute approximate surface area is 130 Å². The summed E-state index contributed by atoms with van der Waals surface area (Å²) in [5.74, 6) is 0.921. The molecule has 1 aliphatic rings. The highest BCUT2D eigenvalue weighted by Gasteiger charge is 2.15. The number of anilines is 1. The summed E-state index contributed by atoms with van der Waals surface area (Å²) in [6.07, 6.45) is 6.88. The van der Waals surface area contributed by atoms with E-state index in [1.165, 1.54) is 43.4 Å².